The van der Waals surface area contributed by atoms with Gasteiger partial charge in [-0.25, -0.2) is 9.97 Å². The molecule has 3 aromatic rings. The number of carbonyl (C=O) groups excluding carboxylic acids is 1. The highest BCUT2D eigenvalue weighted by atomic mass is 35.5. The Kier molecular flexibility index (Phi) is 5.52. The molecule has 0 atom stereocenters. The number of rotatable bonds is 4. The third-order valence-electron chi connectivity index (χ3n) is 5.56. The minimum atomic E-state index is 0.307. The molecule has 0 unspecified atom stereocenters. The Hall–Kier alpha value is -3.04. The molecule has 4 heterocycles. The van der Waals surface area contributed by atoms with Crippen molar-refractivity contribution in [2.24, 2.45) is 0 Å². The van der Waals surface area contributed by atoms with Crippen molar-refractivity contribution in [2.75, 3.05) is 62.3 Å². The lowest BCUT2D eigenvalue weighted by Crippen LogP contribution is -2.46. The molecule has 2 fully saturated rings. The van der Waals surface area contributed by atoms with E-state index in [1.54, 1.807) is 4.90 Å². The van der Waals surface area contributed by atoms with Crippen LogP contribution in [0.15, 0.2) is 30.3 Å². The number of morpholine rings is 1. The van der Waals surface area contributed by atoms with Gasteiger partial charge in [0.1, 0.15) is 5.69 Å². The van der Waals surface area contributed by atoms with Gasteiger partial charge >= 0.3 is 0 Å². The largest absolute Gasteiger partial charge is 0.378 e. The van der Waals surface area contributed by atoms with Crippen LogP contribution in [0.25, 0.3) is 22.4 Å². The number of benzene rings is 1. The number of nitrogens with zero attached hydrogens (tertiary/aromatic N) is 7. The summed E-state index contributed by atoms with van der Waals surface area (Å²) < 4.78 is 5.52. The molecule has 1 amide bonds. The molecule has 2 saturated heterocycles. The number of piperazine rings is 1. The monoisotopic (exact) mass is 439 g/mol. The van der Waals surface area contributed by atoms with Crippen LogP contribution >= 0.6 is 11.6 Å². The maximum absolute atomic E-state index is 11.0. The van der Waals surface area contributed by atoms with Crippen LogP contribution in [0.3, 0.4) is 0 Å². The van der Waals surface area contributed by atoms with Crippen molar-refractivity contribution in [2.45, 2.75) is 0 Å². The number of aromatic nitrogens is 4. The Balaban J connectivity index is 1.61. The van der Waals surface area contributed by atoms with Gasteiger partial charge in [0.25, 0.3) is 0 Å². The molecule has 0 radical (unpaired) electrons. The first kappa shape index (κ1) is 19.9. The molecule has 2 aliphatic rings. The zero-order chi connectivity index (χ0) is 21.2. The Bertz CT molecular complexity index is 1080. The number of amides is 1. The summed E-state index contributed by atoms with van der Waals surface area (Å²) in [5.41, 5.74) is 2.60. The Morgan fingerprint density at radius 2 is 1.61 bits per heavy atom. The first-order valence-corrected chi connectivity index (χ1v) is 10.7. The Morgan fingerprint density at radius 3 is 2.32 bits per heavy atom. The summed E-state index contributed by atoms with van der Waals surface area (Å²) in [5, 5.41) is 0.307. The standard InChI is InChI=1S/C21H22ClN7O2/c22-18-16(15-4-2-1-3-5-15)23-17-19(24-18)25-21(29-8-6-27(14-30)7-9-29)26-20(17)28-10-12-31-13-11-28/h1-5,14H,6-13H2. The van der Waals surface area contributed by atoms with Gasteiger partial charge in [-0.05, 0) is 0 Å². The van der Waals surface area contributed by atoms with Gasteiger partial charge in [-0.1, -0.05) is 41.9 Å². The van der Waals surface area contributed by atoms with Crippen LogP contribution < -0.4 is 9.80 Å². The van der Waals surface area contributed by atoms with E-state index in [9.17, 15) is 4.79 Å². The van der Waals surface area contributed by atoms with Gasteiger partial charge in [0.05, 0.1) is 13.2 Å². The lowest BCUT2D eigenvalue weighted by Gasteiger charge is -2.34. The van der Waals surface area contributed by atoms with Gasteiger partial charge < -0.3 is 19.4 Å². The quantitative estimate of drug-likeness (QED) is 0.569. The van der Waals surface area contributed by atoms with E-state index in [0.29, 0.717) is 67.4 Å². The van der Waals surface area contributed by atoms with Gasteiger partial charge in [0.15, 0.2) is 22.1 Å². The number of fused-ring (bicyclic) bond motifs is 1. The van der Waals surface area contributed by atoms with Crippen molar-refractivity contribution in [1.29, 1.82) is 0 Å². The van der Waals surface area contributed by atoms with E-state index in [1.807, 2.05) is 30.3 Å². The molecule has 0 N–H and O–H groups in total. The number of halogens is 1. The van der Waals surface area contributed by atoms with E-state index in [1.165, 1.54) is 0 Å². The Morgan fingerprint density at radius 1 is 0.871 bits per heavy atom. The maximum atomic E-state index is 11.0. The number of ether oxygens (including phenoxy) is 1. The SMILES string of the molecule is O=CN1CCN(c2nc(N3CCOCC3)c3nc(-c4ccccc4)c(Cl)nc3n2)CC1. The summed E-state index contributed by atoms with van der Waals surface area (Å²) in [5.74, 6) is 1.32. The summed E-state index contributed by atoms with van der Waals surface area (Å²) in [6, 6.07) is 9.75. The highest BCUT2D eigenvalue weighted by molar-refractivity contribution is 6.32. The maximum Gasteiger partial charge on any atom is 0.229 e. The van der Waals surface area contributed by atoms with E-state index in [2.05, 4.69) is 14.8 Å². The van der Waals surface area contributed by atoms with Gasteiger partial charge in [-0.2, -0.15) is 9.97 Å². The second-order valence-electron chi connectivity index (χ2n) is 7.48. The molecule has 5 rings (SSSR count). The van der Waals surface area contributed by atoms with Crippen molar-refractivity contribution < 1.29 is 9.53 Å². The van der Waals surface area contributed by atoms with Gasteiger partial charge in [0, 0.05) is 44.8 Å². The highest BCUT2D eigenvalue weighted by Gasteiger charge is 2.24. The zero-order valence-corrected chi connectivity index (χ0v) is 17.7. The molecule has 2 aromatic heterocycles. The molecule has 10 heteroatoms. The van der Waals surface area contributed by atoms with E-state index in [0.717, 1.165) is 30.9 Å². The van der Waals surface area contributed by atoms with Crippen LogP contribution in [0.2, 0.25) is 5.15 Å². The number of hydrogen-bond donors (Lipinski definition) is 0. The molecular weight excluding hydrogens is 418 g/mol. The van der Waals surface area contributed by atoms with Crippen LogP contribution in [0.5, 0.6) is 0 Å². The summed E-state index contributed by atoms with van der Waals surface area (Å²) >= 11 is 6.53. The van der Waals surface area contributed by atoms with Crippen LogP contribution in [-0.4, -0.2) is 83.7 Å². The van der Waals surface area contributed by atoms with Crippen LogP contribution in [0, 0.1) is 0 Å². The van der Waals surface area contributed by atoms with Crippen LogP contribution in [0.4, 0.5) is 11.8 Å². The minimum absolute atomic E-state index is 0.307. The van der Waals surface area contributed by atoms with E-state index in [4.69, 9.17) is 31.3 Å². The fourth-order valence-corrected chi connectivity index (χ4v) is 4.08. The average Bonchev–Trinajstić information content (AvgIpc) is 2.84. The first-order valence-electron chi connectivity index (χ1n) is 10.3. The first-order chi connectivity index (χ1) is 15.2. The second kappa shape index (κ2) is 8.60. The summed E-state index contributed by atoms with van der Waals surface area (Å²) in [4.78, 5) is 36.1. The lowest BCUT2D eigenvalue weighted by atomic mass is 10.1. The Labute approximate surface area is 184 Å². The third-order valence-corrected chi connectivity index (χ3v) is 5.83. The van der Waals surface area contributed by atoms with Crippen molar-refractivity contribution >= 4 is 40.9 Å². The van der Waals surface area contributed by atoms with Crippen molar-refractivity contribution in [3.05, 3.63) is 35.5 Å². The molecule has 1 aromatic carbocycles. The fraction of sp³-hybridized carbons (Fsp3) is 0.381. The number of anilines is 2. The molecular formula is C21H22ClN7O2. The van der Waals surface area contributed by atoms with Crippen LogP contribution in [-0.2, 0) is 9.53 Å². The molecule has 160 valence electrons. The van der Waals surface area contributed by atoms with Crippen LogP contribution in [0.1, 0.15) is 0 Å². The fourth-order valence-electron chi connectivity index (χ4n) is 3.85. The van der Waals surface area contributed by atoms with E-state index >= 15 is 0 Å². The molecule has 0 saturated carbocycles. The molecule has 9 nitrogen and oxygen atoms in total. The second-order valence-corrected chi connectivity index (χ2v) is 7.83. The lowest BCUT2D eigenvalue weighted by molar-refractivity contribution is -0.118. The third kappa shape index (κ3) is 3.98. The predicted molar refractivity (Wildman–Crippen MR) is 118 cm³/mol. The van der Waals surface area contributed by atoms with Gasteiger partial charge in [-0.15, -0.1) is 0 Å². The zero-order valence-electron chi connectivity index (χ0n) is 16.9. The van der Waals surface area contributed by atoms with Crippen molar-refractivity contribution in [1.82, 2.24) is 24.8 Å². The predicted octanol–water partition coefficient (Wildman–Crippen LogP) is 1.86. The highest BCUT2D eigenvalue weighted by Crippen LogP contribution is 2.31. The smallest absolute Gasteiger partial charge is 0.229 e. The number of carbonyl (C=O) groups is 1. The minimum Gasteiger partial charge on any atom is -0.378 e. The van der Waals surface area contributed by atoms with Gasteiger partial charge in [0.2, 0.25) is 12.4 Å². The number of hydrogen-bond acceptors (Lipinski definition) is 8. The molecule has 0 bridgehead atoms. The van der Waals surface area contributed by atoms with E-state index < -0.39 is 0 Å². The normalized spacial score (nSPS) is 17.3. The summed E-state index contributed by atoms with van der Waals surface area (Å²) in [7, 11) is 0. The summed E-state index contributed by atoms with van der Waals surface area (Å²) in [6.45, 7) is 5.29. The van der Waals surface area contributed by atoms with Gasteiger partial charge in [-0.3, -0.25) is 4.79 Å². The van der Waals surface area contributed by atoms with E-state index in [-0.39, 0.29) is 0 Å². The molecule has 0 spiro atoms. The molecule has 0 aliphatic carbocycles. The average molecular weight is 440 g/mol. The van der Waals surface area contributed by atoms with Crippen molar-refractivity contribution in [3.63, 3.8) is 0 Å². The molecule has 31 heavy (non-hydrogen) atoms. The topological polar surface area (TPSA) is 87.6 Å². The molecule has 2 aliphatic heterocycles. The summed E-state index contributed by atoms with van der Waals surface area (Å²) in [6.07, 6.45) is 0.883. The van der Waals surface area contributed by atoms with Crippen molar-refractivity contribution in [3.8, 4) is 11.3 Å².